The summed E-state index contributed by atoms with van der Waals surface area (Å²) in [5, 5.41) is 3.44. The first-order valence-corrected chi connectivity index (χ1v) is 10.4. The molecule has 1 atom stereocenters. The van der Waals surface area contributed by atoms with Gasteiger partial charge in [0, 0.05) is 11.1 Å². The maximum Gasteiger partial charge on any atom is 0.471 e. The monoisotopic (exact) mass is 459 g/mol. The number of halogens is 3. The lowest BCUT2D eigenvalue weighted by Gasteiger charge is -2.42. The molecule has 33 heavy (non-hydrogen) atoms. The Balaban J connectivity index is 1.49. The fraction of sp³-hybridized carbons (Fsp3) is 0.348. The standard InChI is InChI=1S/C23H20F3N3O4/c1-22(12-31-13-22)21(30)29-10-16-8-7-15(19-27-20(33-28-19)23(24,25)26)9-18(16)32-11-17(29)14-5-3-2-4-6-14/h2-9,17H,10-13H2,1H3/t17-/m1/s1. The third-order valence-corrected chi connectivity index (χ3v) is 5.91. The summed E-state index contributed by atoms with van der Waals surface area (Å²) in [5.74, 6) is -1.18. The van der Waals surface area contributed by atoms with Crippen LogP contribution < -0.4 is 4.74 Å². The van der Waals surface area contributed by atoms with Crippen LogP contribution in [0.5, 0.6) is 5.75 Å². The van der Waals surface area contributed by atoms with Crippen LogP contribution in [-0.4, -0.2) is 40.8 Å². The summed E-state index contributed by atoms with van der Waals surface area (Å²) in [6.07, 6.45) is -4.72. The summed E-state index contributed by atoms with van der Waals surface area (Å²) < 4.78 is 54.2. The predicted molar refractivity (Wildman–Crippen MR) is 109 cm³/mol. The molecule has 10 heteroatoms. The maximum absolute atomic E-state index is 13.5. The molecule has 0 spiro atoms. The van der Waals surface area contributed by atoms with Crippen LogP contribution in [0.4, 0.5) is 13.2 Å². The van der Waals surface area contributed by atoms with Gasteiger partial charge in [-0.05, 0) is 18.6 Å². The molecule has 0 radical (unpaired) electrons. The number of amides is 1. The molecule has 0 N–H and O–H groups in total. The second-order valence-electron chi connectivity index (χ2n) is 8.47. The molecule has 0 aliphatic carbocycles. The molecule has 1 amide bonds. The van der Waals surface area contributed by atoms with E-state index in [1.165, 1.54) is 0 Å². The Morgan fingerprint density at radius 3 is 2.55 bits per heavy atom. The van der Waals surface area contributed by atoms with Crippen LogP contribution in [0.2, 0.25) is 0 Å². The summed E-state index contributed by atoms with van der Waals surface area (Å²) >= 11 is 0. The topological polar surface area (TPSA) is 77.7 Å². The molecular formula is C23H20F3N3O4. The minimum absolute atomic E-state index is 0.0314. The van der Waals surface area contributed by atoms with E-state index >= 15 is 0 Å². The van der Waals surface area contributed by atoms with Crippen LogP contribution in [0.25, 0.3) is 11.4 Å². The van der Waals surface area contributed by atoms with E-state index in [2.05, 4.69) is 14.7 Å². The fourth-order valence-electron chi connectivity index (χ4n) is 4.01. The smallest absolute Gasteiger partial charge is 0.471 e. The lowest BCUT2D eigenvalue weighted by atomic mass is 9.86. The van der Waals surface area contributed by atoms with Gasteiger partial charge in [0.2, 0.25) is 11.7 Å². The largest absolute Gasteiger partial charge is 0.491 e. The third kappa shape index (κ3) is 3.95. The van der Waals surface area contributed by atoms with Gasteiger partial charge in [0.25, 0.3) is 0 Å². The van der Waals surface area contributed by atoms with Gasteiger partial charge < -0.3 is 18.9 Å². The van der Waals surface area contributed by atoms with Gasteiger partial charge >= 0.3 is 12.1 Å². The molecule has 7 nitrogen and oxygen atoms in total. The highest BCUT2D eigenvalue weighted by molar-refractivity contribution is 5.84. The van der Waals surface area contributed by atoms with Crippen molar-refractivity contribution in [2.45, 2.75) is 25.7 Å². The Morgan fingerprint density at radius 2 is 1.91 bits per heavy atom. The average molecular weight is 459 g/mol. The van der Waals surface area contributed by atoms with Gasteiger partial charge in [-0.3, -0.25) is 4.79 Å². The number of alkyl halides is 3. The van der Waals surface area contributed by atoms with Gasteiger partial charge in [-0.1, -0.05) is 47.6 Å². The third-order valence-electron chi connectivity index (χ3n) is 5.91. The van der Waals surface area contributed by atoms with Gasteiger partial charge in [0.05, 0.1) is 31.2 Å². The average Bonchev–Trinajstić information content (AvgIpc) is 3.21. The van der Waals surface area contributed by atoms with Crippen molar-refractivity contribution in [1.82, 2.24) is 15.0 Å². The molecule has 0 saturated carbocycles. The predicted octanol–water partition coefficient (Wildman–Crippen LogP) is 4.25. The minimum atomic E-state index is -4.72. The second kappa shape index (κ2) is 7.87. The zero-order valence-corrected chi connectivity index (χ0v) is 17.6. The zero-order valence-electron chi connectivity index (χ0n) is 17.6. The molecule has 5 rings (SSSR count). The van der Waals surface area contributed by atoms with Crippen molar-refractivity contribution in [2.75, 3.05) is 19.8 Å². The number of benzene rings is 2. The molecule has 1 saturated heterocycles. The van der Waals surface area contributed by atoms with Crippen molar-refractivity contribution in [3.8, 4) is 17.1 Å². The van der Waals surface area contributed by atoms with E-state index in [1.54, 1.807) is 23.1 Å². The van der Waals surface area contributed by atoms with Gasteiger partial charge in [0.1, 0.15) is 12.4 Å². The number of carbonyl (C=O) groups is 1. The summed E-state index contributed by atoms with van der Waals surface area (Å²) in [6.45, 7) is 3.06. The Bertz CT molecular complexity index is 1180. The summed E-state index contributed by atoms with van der Waals surface area (Å²) in [6, 6.07) is 14.1. The van der Waals surface area contributed by atoms with Crippen LogP contribution in [-0.2, 0) is 22.3 Å². The first kappa shape index (κ1) is 21.4. The quantitative estimate of drug-likeness (QED) is 0.583. The number of ether oxygens (including phenoxy) is 2. The van der Waals surface area contributed by atoms with Gasteiger partial charge in [-0.2, -0.15) is 18.2 Å². The van der Waals surface area contributed by atoms with Gasteiger partial charge in [-0.25, -0.2) is 0 Å². The van der Waals surface area contributed by atoms with E-state index in [4.69, 9.17) is 9.47 Å². The number of fused-ring (bicyclic) bond motifs is 1. The van der Waals surface area contributed by atoms with Crippen molar-refractivity contribution in [3.05, 3.63) is 65.5 Å². The first-order valence-electron chi connectivity index (χ1n) is 10.4. The number of carbonyl (C=O) groups excluding carboxylic acids is 1. The lowest BCUT2D eigenvalue weighted by Crippen LogP contribution is -2.54. The molecule has 0 unspecified atom stereocenters. The number of hydrogen-bond donors (Lipinski definition) is 0. The van der Waals surface area contributed by atoms with Crippen LogP contribution >= 0.6 is 0 Å². The molecule has 2 aliphatic heterocycles. The van der Waals surface area contributed by atoms with Crippen molar-refractivity contribution in [2.24, 2.45) is 5.41 Å². The Morgan fingerprint density at radius 1 is 1.15 bits per heavy atom. The number of nitrogens with zero attached hydrogens (tertiary/aromatic N) is 3. The summed E-state index contributed by atoms with van der Waals surface area (Å²) in [7, 11) is 0. The molecule has 2 aromatic carbocycles. The van der Waals surface area contributed by atoms with Gasteiger partial charge in [-0.15, -0.1) is 0 Å². The maximum atomic E-state index is 13.5. The number of hydrogen-bond acceptors (Lipinski definition) is 6. The van der Waals surface area contributed by atoms with Crippen LogP contribution in [0, 0.1) is 5.41 Å². The highest BCUT2D eigenvalue weighted by Gasteiger charge is 2.46. The van der Waals surface area contributed by atoms with Crippen LogP contribution in [0.3, 0.4) is 0 Å². The lowest BCUT2D eigenvalue weighted by molar-refractivity contribution is -0.172. The van der Waals surface area contributed by atoms with E-state index < -0.39 is 17.5 Å². The first-order chi connectivity index (χ1) is 15.7. The Kier molecular flexibility index (Phi) is 5.12. The zero-order chi connectivity index (χ0) is 23.2. The molecule has 172 valence electrons. The van der Waals surface area contributed by atoms with E-state index in [0.29, 0.717) is 24.5 Å². The highest BCUT2D eigenvalue weighted by Crippen LogP contribution is 2.39. The van der Waals surface area contributed by atoms with Crippen molar-refractivity contribution in [3.63, 3.8) is 0 Å². The molecule has 2 aliphatic rings. The van der Waals surface area contributed by atoms with Crippen molar-refractivity contribution >= 4 is 5.91 Å². The number of rotatable bonds is 3. The Hall–Kier alpha value is -3.40. The van der Waals surface area contributed by atoms with Crippen molar-refractivity contribution in [1.29, 1.82) is 0 Å². The molecule has 3 heterocycles. The fourth-order valence-corrected chi connectivity index (χ4v) is 4.01. The van der Waals surface area contributed by atoms with E-state index in [9.17, 15) is 18.0 Å². The highest BCUT2D eigenvalue weighted by atomic mass is 19.4. The molecule has 0 bridgehead atoms. The van der Waals surface area contributed by atoms with E-state index in [1.807, 2.05) is 37.3 Å². The van der Waals surface area contributed by atoms with Crippen LogP contribution in [0.1, 0.15) is 30.0 Å². The molecule has 1 aromatic heterocycles. The van der Waals surface area contributed by atoms with Crippen molar-refractivity contribution < 1.29 is 32.0 Å². The van der Waals surface area contributed by atoms with E-state index in [-0.39, 0.29) is 30.9 Å². The molecule has 1 fully saturated rings. The number of aromatic nitrogens is 2. The second-order valence-corrected chi connectivity index (χ2v) is 8.47. The molecule has 3 aromatic rings. The normalized spacial score (nSPS) is 19.8. The Labute approximate surface area is 187 Å². The minimum Gasteiger partial charge on any atom is -0.491 e. The molecular weight excluding hydrogens is 439 g/mol. The SMILES string of the molecule is CC1(C(=O)N2Cc3ccc(-c4noc(C(F)(F)F)n4)cc3OC[C@@H]2c2ccccc2)COC1. The summed E-state index contributed by atoms with van der Waals surface area (Å²) in [5.41, 5.74) is 1.38. The van der Waals surface area contributed by atoms with Crippen LogP contribution in [0.15, 0.2) is 53.1 Å². The van der Waals surface area contributed by atoms with E-state index in [0.717, 1.165) is 11.1 Å². The van der Waals surface area contributed by atoms with Gasteiger partial charge in [0.15, 0.2) is 0 Å². The summed E-state index contributed by atoms with van der Waals surface area (Å²) in [4.78, 5) is 18.7.